The van der Waals surface area contributed by atoms with E-state index in [1.807, 2.05) is 12.1 Å². The molecule has 1 aromatic heterocycles. The van der Waals surface area contributed by atoms with E-state index >= 15 is 0 Å². The van der Waals surface area contributed by atoms with Crippen LogP contribution in [-0.4, -0.2) is 49.3 Å². The van der Waals surface area contributed by atoms with E-state index in [1.165, 1.54) is 0 Å². The predicted molar refractivity (Wildman–Crippen MR) is 104 cm³/mol. The number of para-hydroxylation sites is 1. The lowest BCUT2D eigenvalue weighted by Gasteiger charge is -2.32. The van der Waals surface area contributed by atoms with Crippen LogP contribution >= 0.6 is 0 Å². The number of nitrogens with zero attached hydrogens (tertiary/aromatic N) is 2. The van der Waals surface area contributed by atoms with Crippen LogP contribution in [0.25, 0.3) is 0 Å². The second-order valence-electron chi connectivity index (χ2n) is 7.59. The van der Waals surface area contributed by atoms with Crippen LogP contribution in [0.4, 0.5) is 0 Å². The number of nitrogens with one attached hydrogen (secondary N) is 1. The number of hydrogen-bond donors (Lipinski definition) is 1. The molecule has 1 atom stereocenters. The van der Waals surface area contributed by atoms with E-state index in [-0.39, 0.29) is 11.8 Å². The van der Waals surface area contributed by atoms with Crippen molar-refractivity contribution < 1.29 is 18.8 Å². The van der Waals surface area contributed by atoms with Crippen LogP contribution in [0.15, 0.2) is 28.8 Å². The molecular weight excluding hydrogens is 358 g/mol. The Morgan fingerprint density at radius 3 is 2.89 bits per heavy atom. The van der Waals surface area contributed by atoms with Gasteiger partial charge in [-0.3, -0.25) is 9.69 Å². The number of carbonyl (C=O) groups excluding carboxylic acids is 1. The van der Waals surface area contributed by atoms with E-state index in [0.29, 0.717) is 11.8 Å². The molecule has 4 rings (SSSR count). The maximum Gasteiger partial charge on any atom is 0.290 e. The van der Waals surface area contributed by atoms with Crippen LogP contribution in [0.5, 0.6) is 11.5 Å². The molecule has 7 heteroatoms. The summed E-state index contributed by atoms with van der Waals surface area (Å²) in [5.41, 5.74) is 1.97. The van der Waals surface area contributed by atoms with Crippen LogP contribution in [0.2, 0.25) is 0 Å². The molecule has 1 aromatic carbocycles. The van der Waals surface area contributed by atoms with Crippen molar-refractivity contribution in [3.63, 3.8) is 0 Å². The highest BCUT2D eigenvalue weighted by molar-refractivity contribution is 5.91. The van der Waals surface area contributed by atoms with Gasteiger partial charge in [0.1, 0.15) is 0 Å². The summed E-state index contributed by atoms with van der Waals surface area (Å²) in [6, 6.07) is 8.08. The fourth-order valence-electron chi connectivity index (χ4n) is 3.83. The number of methoxy groups -OCH3 is 2. The largest absolute Gasteiger partial charge is 0.493 e. The zero-order valence-corrected chi connectivity index (χ0v) is 16.4. The molecule has 2 heterocycles. The van der Waals surface area contributed by atoms with Crippen molar-refractivity contribution in [1.82, 2.24) is 15.4 Å². The van der Waals surface area contributed by atoms with Gasteiger partial charge in [-0.05, 0) is 38.3 Å². The van der Waals surface area contributed by atoms with Gasteiger partial charge < -0.3 is 19.3 Å². The molecule has 1 aliphatic carbocycles. The smallest absolute Gasteiger partial charge is 0.290 e. The summed E-state index contributed by atoms with van der Waals surface area (Å²) in [6.07, 6.45) is 4.23. The Morgan fingerprint density at radius 1 is 1.29 bits per heavy atom. The quantitative estimate of drug-likeness (QED) is 0.790. The first-order valence-corrected chi connectivity index (χ1v) is 9.87. The molecule has 0 unspecified atom stereocenters. The predicted octanol–water partition coefficient (Wildman–Crippen LogP) is 2.96. The third-order valence-electron chi connectivity index (χ3n) is 5.47. The normalized spacial score (nSPS) is 20.0. The Labute approximate surface area is 165 Å². The topological polar surface area (TPSA) is 76.8 Å². The van der Waals surface area contributed by atoms with Gasteiger partial charge in [0.15, 0.2) is 11.5 Å². The summed E-state index contributed by atoms with van der Waals surface area (Å²) in [7, 11) is 3.32. The van der Waals surface area contributed by atoms with Gasteiger partial charge in [-0.25, -0.2) is 0 Å². The van der Waals surface area contributed by atoms with Crippen molar-refractivity contribution >= 4 is 5.91 Å². The van der Waals surface area contributed by atoms with Crippen molar-refractivity contribution in [2.45, 2.75) is 44.2 Å². The molecule has 0 radical (unpaired) electrons. The minimum absolute atomic E-state index is 0.157. The maximum atomic E-state index is 12.1. The average molecular weight is 385 g/mol. The highest BCUT2D eigenvalue weighted by atomic mass is 16.5. The van der Waals surface area contributed by atoms with Gasteiger partial charge in [0, 0.05) is 36.7 Å². The van der Waals surface area contributed by atoms with Gasteiger partial charge in [-0.2, -0.15) is 0 Å². The minimum Gasteiger partial charge on any atom is -0.493 e. The van der Waals surface area contributed by atoms with E-state index in [0.717, 1.165) is 68.1 Å². The van der Waals surface area contributed by atoms with E-state index in [2.05, 4.69) is 21.4 Å². The minimum atomic E-state index is -0.157. The van der Waals surface area contributed by atoms with Gasteiger partial charge in [-0.1, -0.05) is 17.3 Å². The number of ether oxygens (including phenoxy) is 2. The summed E-state index contributed by atoms with van der Waals surface area (Å²) in [4.78, 5) is 14.5. The molecule has 1 amide bonds. The first kappa shape index (κ1) is 18.8. The van der Waals surface area contributed by atoms with Crippen LogP contribution < -0.4 is 14.8 Å². The molecule has 150 valence electrons. The van der Waals surface area contributed by atoms with Gasteiger partial charge in [0.2, 0.25) is 5.76 Å². The second-order valence-corrected chi connectivity index (χ2v) is 7.59. The number of likely N-dealkylation sites (tertiary alicyclic amines) is 1. The fraction of sp³-hybridized carbons (Fsp3) is 0.524. The summed E-state index contributed by atoms with van der Waals surface area (Å²) in [5.74, 6) is 1.95. The molecule has 0 spiro atoms. The summed E-state index contributed by atoms with van der Waals surface area (Å²) in [5, 5.41) is 7.13. The van der Waals surface area contributed by atoms with Crippen molar-refractivity contribution in [2.75, 3.05) is 27.3 Å². The molecular formula is C21H27N3O4. The standard InChI is InChI=1S/C21H27N3O4/c1-26-18-7-3-5-15(20(18)27-2)13-24-10-4-6-14(12-24)17-11-19(28-23-17)21(25)22-16-8-9-16/h3,5,7,11,14,16H,4,6,8-10,12-13H2,1-2H3,(H,22,25)/t14-/m1/s1. The number of aromatic nitrogens is 1. The first-order chi connectivity index (χ1) is 13.7. The average Bonchev–Trinajstić information content (AvgIpc) is 3.39. The zero-order chi connectivity index (χ0) is 19.5. The third kappa shape index (κ3) is 4.14. The number of carbonyl (C=O) groups is 1. The lowest BCUT2D eigenvalue weighted by molar-refractivity contribution is 0.0914. The van der Waals surface area contributed by atoms with Gasteiger partial charge in [0.05, 0.1) is 19.9 Å². The molecule has 2 aliphatic rings. The number of piperidine rings is 1. The fourth-order valence-corrected chi connectivity index (χ4v) is 3.83. The molecule has 7 nitrogen and oxygen atoms in total. The summed E-state index contributed by atoms with van der Waals surface area (Å²) in [6.45, 7) is 2.67. The summed E-state index contributed by atoms with van der Waals surface area (Å²) < 4.78 is 16.3. The second kappa shape index (κ2) is 8.22. The Bertz CT molecular complexity index is 831. The maximum absolute atomic E-state index is 12.1. The number of hydrogen-bond acceptors (Lipinski definition) is 6. The number of rotatable bonds is 7. The zero-order valence-electron chi connectivity index (χ0n) is 16.4. The molecule has 1 saturated carbocycles. The van der Waals surface area contributed by atoms with Crippen molar-refractivity contribution in [3.05, 3.63) is 41.3 Å². The molecule has 28 heavy (non-hydrogen) atoms. The molecule has 1 aliphatic heterocycles. The van der Waals surface area contributed by atoms with Gasteiger partial charge in [-0.15, -0.1) is 0 Å². The van der Waals surface area contributed by atoms with Crippen molar-refractivity contribution in [1.29, 1.82) is 0 Å². The number of benzene rings is 1. The third-order valence-corrected chi connectivity index (χ3v) is 5.47. The monoisotopic (exact) mass is 385 g/mol. The summed E-state index contributed by atoms with van der Waals surface area (Å²) >= 11 is 0. The van der Waals surface area contributed by atoms with Crippen LogP contribution in [0, 0.1) is 0 Å². The van der Waals surface area contributed by atoms with E-state index in [9.17, 15) is 4.79 Å². The van der Waals surface area contributed by atoms with E-state index < -0.39 is 0 Å². The molecule has 1 N–H and O–H groups in total. The molecule has 2 aromatic rings. The lowest BCUT2D eigenvalue weighted by atomic mass is 9.94. The number of amides is 1. The Kier molecular flexibility index (Phi) is 5.52. The first-order valence-electron chi connectivity index (χ1n) is 9.87. The molecule has 0 bridgehead atoms. The lowest BCUT2D eigenvalue weighted by Crippen LogP contribution is -2.34. The Morgan fingerprint density at radius 2 is 2.14 bits per heavy atom. The van der Waals surface area contributed by atoms with Gasteiger partial charge in [0.25, 0.3) is 5.91 Å². The van der Waals surface area contributed by atoms with Crippen LogP contribution in [0.1, 0.15) is 53.4 Å². The van der Waals surface area contributed by atoms with Gasteiger partial charge >= 0.3 is 0 Å². The Balaban J connectivity index is 1.42. The van der Waals surface area contributed by atoms with E-state index in [1.54, 1.807) is 20.3 Å². The van der Waals surface area contributed by atoms with Crippen LogP contribution in [-0.2, 0) is 6.54 Å². The van der Waals surface area contributed by atoms with E-state index in [4.69, 9.17) is 14.0 Å². The Hall–Kier alpha value is -2.54. The van der Waals surface area contributed by atoms with Crippen molar-refractivity contribution in [2.24, 2.45) is 0 Å². The molecule has 2 fully saturated rings. The van der Waals surface area contributed by atoms with Crippen LogP contribution in [0.3, 0.4) is 0 Å². The highest BCUT2D eigenvalue weighted by Crippen LogP contribution is 2.33. The highest BCUT2D eigenvalue weighted by Gasteiger charge is 2.28. The SMILES string of the molecule is COc1cccc(CN2CCC[C@@H](c3cc(C(=O)NC4CC4)on3)C2)c1OC. The van der Waals surface area contributed by atoms with Crippen molar-refractivity contribution in [3.8, 4) is 11.5 Å². The molecule has 1 saturated heterocycles.